The number of hydrogen-bond acceptors (Lipinski definition) is 3. The van der Waals surface area contributed by atoms with Crippen molar-refractivity contribution in [2.75, 3.05) is 18.5 Å². The van der Waals surface area contributed by atoms with Crippen LogP contribution in [0.4, 0.5) is 5.69 Å². The first-order chi connectivity index (χ1) is 9.22. The lowest BCUT2D eigenvalue weighted by atomic mass is 10.2. The van der Waals surface area contributed by atoms with Crippen molar-refractivity contribution in [1.82, 2.24) is 0 Å². The van der Waals surface area contributed by atoms with E-state index in [2.05, 4.69) is 5.32 Å². The normalized spacial score (nSPS) is 13.2. The highest BCUT2D eigenvalue weighted by Gasteiger charge is 2.15. The molecule has 0 saturated heterocycles. The van der Waals surface area contributed by atoms with E-state index in [1.807, 2.05) is 6.07 Å². The van der Waals surface area contributed by atoms with Gasteiger partial charge in [-0.1, -0.05) is 23.2 Å². The number of hydrogen-bond donors (Lipinski definition) is 1. The minimum atomic E-state index is 0.536. The Balaban J connectivity index is 1.89. The van der Waals surface area contributed by atoms with Crippen LogP contribution in [-0.4, -0.2) is 13.2 Å². The van der Waals surface area contributed by atoms with Gasteiger partial charge in [0.15, 0.2) is 5.75 Å². The lowest BCUT2D eigenvalue weighted by Gasteiger charge is -2.21. The number of benzene rings is 2. The molecule has 0 fully saturated rings. The van der Waals surface area contributed by atoms with Gasteiger partial charge in [-0.25, -0.2) is 0 Å². The maximum atomic E-state index is 6.17. The smallest absolute Gasteiger partial charge is 0.161 e. The van der Waals surface area contributed by atoms with Crippen LogP contribution < -0.4 is 14.8 Å². The summed E-state index contributed by atoms with van der Waals surface area (Å²) in [5.74, 6) is 2.04. The number of ether oxygens (including phenoxy) is 2. The Kier molecular flexibility index (Phi) is 3.40. The molecule has 0 aliphatic carbocycles. The van der Waals surface area contributed by atoms with Gasteiger partial charge in [-0.15, -0.1) is 0 Å². The van der Waals surface area contributed by atoms with E-state index in [4.69, 9.17) is 32.7 Å². The fourth-order valence-corrected chi connectivity index (χ4v) is 2.27. The van der Waals surface area contributed by atoms with Crippen LogP contribution in [0.3, 0.4) is 0 Å². The van der Waals surface area contributed by atoms with Crippen molar-refractivity contribution < 1.29 is 9.47 Å². The van der Waals surface area contributed by atoms with Crippen LogP contribution in [0.25, 0.3) is 0 Å². The van der Waals surface area contributed by atoms with E-state index >= 15 is 0 Å². The summed E-state index contributed by atoms with van der Waals surface area (Å²) in [5, 5.41) is 4.44. The van der Waals surface area contributed by atoms with Gasteiger partial charge in [0, 0.05) is 23.7 Å². The predicted molar refractivity (Wildman–Crippen MR) is 77.0 cm³/mol. The van der Waals surface area contributed by atoms with Crippen molar-refractivity contribution in [2.24, 2.45) is 0 Å². The van der Waals surface area contributed by atoms with Crippen LogP contribution in [-0.2, 0) is 0 Å². The Morgan fingerprint density at radius 2 is 1.84 bits per heavy atom. The van der Waals surface area contributed by atoms with Crippen molar-refractivity contribution in [2.45, 2.75) is 0 Å². The molecule has 0 unspecified atom stereocenters. The Labute approximate surface area is 121 Å². The number of fused-ring (bicyclic) bond motifs is 1. The summed E-state index contributed by atoms with van der Waals surface area (Å²) in [6.45, 7) is 1.37. The average Bonchev–Trinajstić information content (AvgIpc) is 2.42. The molecule has 98 valence electrons. The minimum Gasteiger partial charge on any atom is -0.488 e. The van der Waals surface area contributed by atoms with Gasteiger partial charge >= 0.3 is 0 Å². The first-order valence-electron chi connectivity index (χ1n) is 5.86. The molecule has 2 aromatic carbocycles. The summed E-state index contributed by atoms with van der Waals surface area (Å²) in [6.07, 6.45) is 0. The van der Waals surface area contributed by atoms with E-state index in [9.17, 15) is 0 Å². The van der Waals surface area contributed by atoms with Gasteiger partial charge in [0.05, 0.1) is 10.7 Å². The molecule has 3 nitrogen and oxygen atoms in total. The minimum absolute atomic E-state index is 0.536. The molecule has 2 aromatic rings. The predicted octanol–water partition coefficient (Wildman–Crippen LogP) is 4.59. The Bertz CT molecular complexity index is 599. The zero-order chi connectivity index (χ0) is 13.2. The third kappa shape index (κ3) is 2.72. The summed E-state index contributed by atoms with van der Waals surface area (Å²) in [5.41, 5.74) is 0.850. The number of anilines is 1. The molecule has 0 saturated carbocycles. The molecule has 1 aliphatic rings. The molecule has 0 radical (unpaired) electrons. The van der Waals surface area contributed by atoms with Gasteiger partial charge in [-0.2, -0.15) is 0 Å². The fraction of sp³-hybridized carbons (Fsp3) is 0.143. The third-order valence-electron chi connectivity index (χ3n) is 2.73. The van der Waals surface area contributed by atoms with Crippen LogP contribution in [0, 0.1) is 0 Å². The second kappa shape index (κ2) is 5.19. The van der Waals surface area contributed by atoms with Gasteiger partial charge in [0.25, 0.3) is 0 Å². The van der Waals surface area contributed by atoms with Gasteiger partial charge in [-0.05, 0) is 24.3 Å². The Morgan fingerprint density at radius 3 is 2.63 bits per heavy atom. The standard InChI is InChI=1S/C14H11Cl2NO2/c15-9-1-3-10(4-2-9)19-11-7-12(16)14-13(8-11)17-5-6-18-14/h1-4,7-8,17H,5-6H2. The quantitative estimate of drug-likeness (QED) is 0.879. The van der Waals surface area contributed by atoms with Crippen LogP contribution >= 0.6 is 23.2 Å². The molecule has 0 atom stereocenters. The van der Waals surface area contributed by atoms with Crippen LogP contribution in [0.5, 0.6) is 17.2 Å². The summed E-state index contributed by atoms with van der Waals surface area (Å²) in [6, 6.07) is 10.8. The molecule has 0 aromatic heterocycles. The first kappa shape index (κ1) is 12.5. The third-order valence-corrected chi connectivity index (χ3v) is 3.26. The Morgan fingerprint density at radius 1 is 1.05 bits per heavy atom. The molecule has 1 N–H and O–H groups in total. The van der Waals surface area contributed by atoms with E-state index in [0.717, 1.165) is 12.2 Å². The topological polar surface area (TPSA) is 30.5 Å². The van der Waals surface area contributed by atoms with E-state index in [0.29, 0.717) is 33.9 Å². The molecule has 19 heavy (non-hydrogen) atoms. The van der Waals surface area contributed by atoms with Crippen molar-refractivity contribution >= 4 is 28.9 Å². The van der Waals surface area contributed by atoms with E-state index in [-0.39, 0.29) is 0 Å². The number of halogens is 2. The maximum absolute atomic E-state index is 6.17. The highest BCUT2D eigenvalue weighted by Crippen LogP contribution is 2.40. The van der Waals surface area contributed by atoms with Crippen LogP contribution in [0.1, 0.15) is 0 Å². The highest BCUT2D eigenvalue weighted by atomic mass is 35.5. The van der Waals surface area contributed by atoms with Crippen molar-refractivity contribution in [3.63, 3.8) is 0 Å². The molecule has 5 heteroatoms. The molecule has 0 spiro atoms. The average molecular weight is 296 g/mol. The zero-order valence-corrected chi connectivity index (χ0v) is 11.5. The van der Waals surface area contributed by atoms with E-state index in [1.54, 1.807) is 30.3 Å². The molecule has 0 amide bonds. The molecular formula is C14H11Cl2NO2. The van der Waals surface area contributed by atoms with E-state index in [1.165, 1.54) is 0 Å². The van der Waals surface area contributed by atoms with Crippen LogP contribution in [0.2, 0.25) is 10.0 Å². The lowest BCUT2D eigenvalue weighted by molar-refractivity contribution is 0.323. The summed E-state index contributed by atoms with van der Waals surface area (Å²) < 4.78 is 11.2. The molecule has 1 aliphatic heterocycles. The van der Waals surface area contributed by atoms with Gasteiger partial charge < -0.3 is 14.8 Å². The SMILES string of the molecule is Clc1ccc(Oc2cc(Cl)c3c(c2)NCCO3)cc1. The second-order valence-corrected chi connectivity index (χ2v) is 4.96. The molecular weight excluding hydrogens is 285 g/mol. The lowest BCUT2D eigenvalue weighted by Crippen LogP contribution is -2.18. The van der Waals surface area contributed by atoms with Crippen molar-refractivity contribution in [1.29, 1.82) is 0 Å². The fourth-order valence-electron chi connectivity index (χ4n) is 1.88. The molecule has 0 bridgehead atoms. The maximum Gasteiger partial charge on any atom is 0.161 e. The summed E-state index contributed by atoms with van der Waals surface area (Å²) >= 11 is 12.0. The zero-order valence-electron chi connectivity index (χ0n) is 9.95. The summed E-state index contributed by atoms with van der Waals surface area (Å²) in [7, 11) is 0. The van der Waals surface area contributed by atoms with Gasteiger partial charge in [-0.3, -0.25) is 0 Å². The molecule has 1 heterocycles. The Hall–Kier alpha value is -1.58. The van der Waals surface area contributed by atoms with Crippen molar-refractivity contribution in [3.05, 3.63) is 46.4 Å². The summed E-state index contributed by atoms with van der Waals surface area (Å²) in [4.78, 5) is 0. The monoisotopic (exact) mass is 295 g/mol. The van der Waals surface area contributed by atoms with E-state index < -0.39 is 0 Å². The largest absolute Gasteiger partial charge is 0.488 e. The van der Waals surface area contributed by atoms with Gasteiger partial charge in [0.1, 0.15) is 18.1 Å². The second-order valence-electron chi connectivity index (χ2n) is 4.11. The first-order valence-corrected chi connectivity index (χ1v) is 6.61. The molecule has 3 rings (SSSR count). The van der Waals surface area contributed by atoms with Crippen molar-refractivity contribution in [3.8, 4) is 17.2 Å². The highest BCUT2D eigenvalue weighted by molar-refractivity contribution is 6.32. The number of rotatable bonds is 2. The van der Waals surface area contributed by atoms with Crippen LogP contribution in [0.15, 0.2) is 36.4 Å². The van der Waals surface area contributed by atoms with Gasteiger partial charge in [0.2, 0.25) is 0 Å². The number of nitrogens with one attached hydrogen (secondary N) is 1.